The van der Waals surface area contributed by atoms with Gasteiger partial charge in [-0.1, -0.05) is 6.92 Å². The quantitative estimate of drug-likeness (QED) is 0.526. The number of nitrogens with zero attached hydrogens (tertiary/aromatic N) is 1. The van der Waals surface area contributed by atoms with Crippen LogP contribution in [0.4, 0.5) is 5.82 Å². The molecule has 1 aliphatic rings. The van der Waals surface area contributed by atoms with Crippen LogP contribution in [-0.4, -0.2) is 42.6 Å². The second-order valence-electron chi connectivity index (χ2n) is 7.48. The second-order valence-corrected chi connectivity index (χ2v) is 7.48. The first-order valence-corrected chi connectivity index (χ1v) is 10.1. The number of carbonyl (C=O) groups excluding carboxylic acids is 1. The number of quaternary nitrogens is 1. The molecule has 3 rings (SSSR count). The molecule has 162 valence electrons. The van der Waals surface area contributed by atoms with Crippen LogP contribution in [0.3, 0.4) is 0 Å². The Morgan fingerprint density at radius 3 is 2.73 bits per heavy atom. The molecule has 0 bridgehead atoms. The van der Waals surface area contributed by atoms with Crippen LogP contribution in [0.2, 0.25) is 0 Å². The standard InChI is InChI=1S/C21H28N4O5/c1-4-9-25-19(22)18(20(27)23-21(25)28)16(26)12-24-10-5-6-15(24)14-11-13(29-2)7-8-17(14)30-3/h7-8,11,15H,4-6,9-10,12,22H2,1-3H3,(H,23,27,28)/p+1/t15-/m1/s1. The van der Waals surface area contributed by atoms with Crippen molar-refractivity contribution in [3.63, 3.8) is 0 Å². The summed E-state index contributed by atoms with van der Waals surface area (Å²) in [7, 11) is 3.22. The summed E-state index contributed by atoms with van der Waals surface area (Å²) in [5.74, 6) is 1.02. The van der Waals surface area contributed by atoms with E-state index < -0.39 is 11.2 Å². The fraction of sp³-hybridized carbons (Fsp3) is 0.476. The van der Waals surface area contributed by atoms with Gasteiger partial charge in [0.15, 0.2) is 0 Å². The molecule has 0 aliphatic carbocycles. The van der Waals surface area contributed by atoms with E-state index in [1.807, 2.05) is 25.1 Å². The van der Waals surface area contributed by atoms with Gasteiger partial charge in [-0.05, 0) is 24.6 Å². The molecule has 2 heterocycles. The van der Waals surface area contributed by atoms with E-state index in [0.29, 0.717) is 13.0 Å². The number of aromatic nitrogens is 2. The largest absolute Gasteiger partial charge is 0.497 e. The first-order chi connectivity index (χ1) is 14.4. The molecule has 9 heteroatoms. The number of ketones is 1. The van der Waals surface area contributed by atoms with E-state index in [2.05, 4.69) is 4.98 Å². The molecular weight excluding hydrogens is 388 g/mol. The minimum atomic E-state index is -0.732. The molecule has 30 heavy (non-hydrogen) atoms. The van der Waals surface area contributed by atoms with Gasteiger partial charge in [0.05, 0.1) is 26.3 Å². The van der Waals surface area contributed by atoms with Crippen LogP contribution in [-0.2, 0) is 6.54 Å². The van der Waals surface area contributed by atoms with Crippen molar-refractivity contribution in [1.82, 2.24) is 9.55 Å². The Balaban J connectivity index is 1.92. The van der Waals surface area contributed by atoms with Crippen molar-refractivity contribution in [3.05, 3.63) is 50.2 Å². The number of aromatic amines is 1. The number of H-pyrrole nitrogens is 1. The maximum Gasteiger partial charge on any atom is 0.329 e. The SMILES string of the molecule is CCCn1c(N)c(C(=O)C[NH+]2CCC[C@@H]2c2cc(OC)ccc2OC)c(=O)[nH]c1=O. The molecule has 2 atom stereocenters. The number of carbonyl (C=O) groups is 1. The number of ether oxygens (including phenoxy) is 2. The third kappa shape index (κ3) is 4.11. The number of nitrogens with two attached hydrogens (primary N) is 1. The molecular formula is C21H29N4O5+. The summed E-state index contributed by atoms with van der Waals surface area (Å²) < 4.78 is 12.1. The molecule has 0 radical (unpaired) electrons. The average molecular weight is 417 g/mol. The summed E-state index contributed by atoms with van der Waals surface area (Å²) in [4.78, 5) is 40.7. The number of rotatable bonds is 8. The van der Waals surface area contributed by atoms with Crippen molar-refractivity contribution in [3.8, 4) is 11.5 Å². The third-order valence-corrected chi connectivity index (χ3v) is 5.65. The minimum absolute atomic E-state index is 0.0286. The molecule has 1 aliphatic heterocycles. The van der Waals surface area contributed by atoms with Crippen LogP contribution < -0.4 is 31.4 Å². The zero-order chi connectivity index (χ0) is 21.8. The summed E-state index contributed by atoms with van der Waals surface area (Å²) >= 11 is 0. The highest BCUT2D eigenvalue weighted by Crippen LogP contribution is 2.31. The summed E-state index contributed by atoms with van der Waals surface area (Å²) in [6, 6.07) is 5.65. The first-order valence-electron chi connectivity index (χ1n) is 10.1. The van der Waals surface area contributed by atoms with Crippen molar-refractivity contribution >= 4 is 11.6 Å². The number of methoxy groups -OCH3 is 2. The highest BCUT2D eigenvalue weighted by molar-refractivity contribution is 6.00. The Morgan fingerprint density at radius 1 is 1.30 bits per heavy atom. The number of nitrogens with one attached hydrogen (secondary N) is 2. The van der Waals surface area contributed by atoms with Gasteiger partial charge in [0.1, 0.15) is 35.5 Å². The lowest BCUT2D eigenvalue weighted by molar-refractivity contribution is -0.910. The molecule has 0 spiro atoms. The zero-order valence-corrected chi connectivity index (χ0v) is 17.6. The number of hydrogen-bond acceptors (Lipinski definition) is 6. The number of likely N-dealkylation sites (tertiary alicyclic amines) is 1. The molecule has 2 aromatic rings. The highest BCUT2D eigenvalue weighted by atomic mass is 16.5. The lowest BCUT2D eigenvalue weighted by Crippen LogP contribution is -3.11. The van der Waals surface area contributed by atoms with E-state index in [-0.39, 0.29) is 29.8 Å². The van der Waals surface area contributed by atoms with Gasteiger partial charge < -0.3 is 20.1 Å². The lowest BCUT2D eigenvalue weighted by Gasteiger charge is -2.23. The normalized spacial score (nSPS) is 18.4. The molecule has 0 saturated carbocycles. The maximum atomic E-state index is 13.1. The number of Topliss-reactive ketones (excluding diaryl/α,β-unsaturated/α-hetero) is 1. The van der Waals surface area contributed by atoms with Crippen LogP contribution in [0.1, 0.15) is 48.1 Å². The van der Waals surface area contributed by atoms with Gasteiger partial charge in [-0.2, -0.15) is 0 Å². The van der Waals surface area contributed by atoms with E-state index in [0.717, 1.165) is 41.3 Å². The van der Waals surface area contributed by atoms with Gasteiger partial charge in [0.2, 0.25) is 5.78 Å². The van der Waals surface area contributed by atoms with Gasteiger partial charge in [-0.3, -0.25) is 19.1 Å². The Labute approximate surface area is 174 Å². The molecule has 9 nitrogen and oxygen atoms in total. The van der Waals surface area contributed by atoms with E-state index in [1.54, 1.807) is 14.2 Å². The van der Waals surface area contributed by atoms with Crippen LogP contribution in [0.5, 0.6) is 11.5 Å². The van der Waals surface area contributed by atoms with E-state index in [9.17, 15) is 14.4 Å². The van der Waals surface area contributed by atoms with Gasteiger partial charge in [0, 0.05) is 19.4 Å². The Morgan fingerprint density at radius 2 is 2.07 bits per heavy atom. The predicted molar refractivity (Wildman–Crippen MR) is 113 cm³/mol. The smallest absolute Gasteiger partial charge is 0.329 e. The Bertz CT molecular complexity index is 1040. The van der Waals surface area contributed by atoms with Gasteiger partial charge in [-0.25, -0.2) is 4.79 Å². The van der Waals surface area contributed by atoms with Gasteiger partial charge in [0.25, 0.3) is 5.56 Å². The monoisotopic (exact) mass is 417 g/mol. The third-order valence-electron chi connectivity index (χ3n) is 5.65. The molecule has 0 amide bonds. The molecule has 1 saturated heterocycles. The van der Waals surface area contributed by atoms with Gasteiger partial charge in [-0.15, -0.1) is 0 Å². The summed E-state index contributed by atoms with van der Waals surface area (Å²) in [6.45, 7) is 3.10. The molecule has 1 unspecified atom stereocenters. The number of benzene rings is 1. The average Bonchev–Trinajstić information content (AvgIpc) is 3.18. The summed E-state index contributed by atoms with van der Waals surface area (Å²) in [5, 5.41) is 0. The number of hydrogen-bond donors (Lipinski definition) is 3. The van der Waals surface area contributed by atoms with Crippen LogP contribution in [0.25, 0.3) is 0 Å². The highest BCUT2D eigenvalue weighted by Gasteiger charge is 2.35. The number of anilines is 1. The fourth-order valence-corrected chi connectivity index (χ4v) is 4.21. The Kier molecular flexibility index (Phi) is 6.61. The summed E-state index contributed by atoms with van der Waals surface area (Å²) in [6.07, 6.45) is 2.47. The van der Waals surface area contributed by atoms with Gasteiger partial charge >= 0.3 is 5.69 Å². The Hall–Kier alpha value is -3.07. The van der Waals surface area contributed by atoms with Crippen LogP contribution in [0, 0.1) is 0 Å². The molecule has 1 aromatic carbocycles. The fourth-order valence-electron chi connectivity index (χ4n) is 4.21. The van der Waals surface area contributed by atoms with Crippen molar-refractivity contribution < 1.29 is 19.2 Å². The van der Waals surface area contributed by atoms with Crippen LogP contribution >= 0.6 is 0 Å². The molecule has 1 aromatic heterocycles. The zero-order valence-electron chi connectivity index (χ0n) is 17.6. The van der Waals surface area contributed by atoms with Crippen molar-refractivity contribution in [1.29, 1.82) is 0 Å². The summed E-state index contributed by atoms with van der Waals surface area (Å²) in [5.41, 5.74) is 5.55. The maximum absolute atomic E-state index is 13.1. The second kappa shape index (κ2) is 9.17. The predicted octanol–water partition coefficient (Wildman–Crippen LogP) is 0.149. The minimum Gasteiger partial charge on any atom is -0.497 e. The lowest BCUT2D eigenvalue weighted by atomic mass is 10.0. The molecule has 4 N–H and O–H groups in total. The van der Waals surface area contributed by atoms with E-state index in [4.69, 9.17) is 15.2 Å². The van der Waals surface area contributed by atoms with E-state index >= 15 is 0 Å². The van der Waals surface area contributed by atoms with Crippen molar-refractivity contribution in [2.75, 3.05) is 33.0 Å². The van der Waals surface area contributed by atoms with Crippen molar-refractivity contribution in [2.24, 2.45) is 0 Å². The first kappa shape index (κ1) is 21.6. The number of nitrogen functional groups attached to an aromatic ring is 1. The van der Waals surface area contributed by atoms with Crippen molar-refractivity contribution in [2.45, 2.75) is 38.8 Å². The molecule has 1 fully saturated rings. The topological polar surface area (TPSA) is 121 Å². The van der Waals surface area contributed by atoms with Crippen LogP contribution in [0.15, 0.2) is 27.8 Å². The van der Waals surface area contributed by atoms with E-state index in [1.165, 1.54) is 4.57 Å².